The first-order valence-corrected chi connectivity index (χ1v) is 11.3. The van der Waals surface area contributed by atoms with Gasteiger partial charge in [0, 0.05) is 24.6 Å². The molecule has 0 fully saturated rings. The van der Waals surface area contributed by atoms with E-state index >= 15 is 0 Å². The van der Waals surface area contributed by atoms with E-state index in [2.05, 4.69) is 38.2 Å². The van der Waals surface area contributed by atoms with Crippen LogP contribution >= 0.6 is 0 Å². The molecule has 7 nitrogen and oxygen atoms in total. The van der Waals surface area contributed by atoms with Crippen molar-refractivity contribution in [2.75, 3.05) is 6.26 Å². The summed E-state index contributed by atoms with van der Waals surface area (Å²) in [6, 6.07) is 6.29. The molecule has 0 saturated carbocycles. The van der Waals surface area contributed by atoms with Crippen molar-refractivity contribution in [2.24, 2.45) is 0 Å². The molecule has 3 aromatic rings. The molecule has 1 aromatic carbocycles. The van der Waals surface area contributed by atoms with E-state index in [-0.39, 0.29) is 5.75 Å². The van der Waals surface area contributed by atoms with Crippen LogP contribution in [0.15, 0.2) is 30.7 Å². The summed E-state index contributed by atoms with van der Waals surface area (Å²) < 4.78 is 25.3. The first kappa shape index (κ1) is 17.9. The zero-order valence-corrected chi connectivity index (χ0v) is 16.2. The van der Waals surface area contributed by atoms with Crippen LogP contribution in [-0.2, 0) is 41.3 Å². The summed E-state index contributed by atoms with van der Waals surface area (Å²) in [6.45, 7) is 0. The highest BCUT2D eigenvalue weighted by Crippen LogP contribution is 2.27. The normalized spacial score (nSPS) is 14.3. The number of hydrogen-bond acceptors (Lipinski definition) is 5. The molecule has 1 N–H and O–H groups in total. The number of aromatic amines is 1. The SMILES string of the molecule is CS(=O)(=O)Cc1nc(CCc2cnc[nH]2)n(-c2cccc3c2CCCC3)n1. The van der Waals surface area contributed by atoms with Crippen LogP contribution in [0.3, 0.4) is 0 Å². The van der Waals surface area contributed by atoms with E-state index in [0.717, 1.165) is 36.5 Å². The van der Waals surface area contributed by atoms with Gasteiger partial charge in [0.1, 0.15) is 11.6 Å². The number of sulfone groups is 1. The molecule has 0 aliphatic heterocycles. The minimum atomic E-state index is -3.19. The molecule has 1 aliphatic carbocycles. The lowest BCUT2D eigenvalue weighted by Crippen LogP contribution is -2.12. The number of rotatable bonds is 6. The molecule has 2 heterocycles. The Morgan fingerprint density at radius 1 is 1.19 bits per heavy atom. The maximum Gasteiger partial charge on any atom is 0.166 e. The van der Waals surface area contributed by atoms with Gasteiger partial charge in [-0.2, -0.15) is 0 Å². The van der Waals surface area contributed by atoms with Crippen LogP contribution in [0.4, 0.5) is 0 Å². The highest BCUT2D eigenvalue weighted by Gasteiger charge is 2.20. The Morgan fingerprint density at radius 3 is 2.81 bits per heavy atom. The van der Waals surface area contributed by atoms with E-state index in [0.29, 0.717) is 12.2 Å². The fourth-order valence-electron chi connectivity index (χ4n) is 3.67. The highest BCUT2D eigenvalue weighted by atomic mass is 32.2. The van der Waals surface area contributed by atoms with E-state index in [9.17, 15) is 8.42 Å². The lowest BCUT2D eigenvalue weighted by molar-refractivity contribution is 0.599. The van der Waals surface area contributed by atoms with E-state index in [1.54, 1.807) is 12.5 Å². The standard InChI is InChI=1S/C19H23N5O2S/c1-27(25,26)12-18-22-19(10-9-15-11-20-13-21-15)24(23-18)17-8-4-6-14-5-2-3-7-16(14)17/h4,6,8,11,13H,2-3,5,7,9-10,12H2,1H3,(H,20,21). The van der Waals surface area contributed by atoms with Crippen molar-refractivity contribution < 1.29 is 8.42 Å². The second-order valence-corrected chi connectivity index (χ2v) is 9.27. The van der Waals surface area contributed by atoms with Crippen molar-refractivity contribution in [3.63, 3.8) is 0 Å². The van der Waals surface area contributed by atoms with E-state index in [1.807, 2.05) is 4.68 Å². The van der Waals surface area contributed by atoms with Crippen molar-refractivity contribution in [1.82, 2.24) is 24.7 Å². The number of nitrogens with one attached hydrogen (secondary N) is 1. The summed E-state index contributed by atoms with van der Waals surface area (Å²) >= 11 is 0. The third-order valence-corrected chi connectivity index (χ3v) is 5.66. The van der Waals surface area contributed by atoms with Crippen LogP contribution in [-0.4, -0.2) is 39.4 Å². The van der Waals surface area contributed by atoms with Crippen molar-refractivity contribution >= 4 is 9.84 Å². The maximum atomic E-state index is 11.7. The van der Waals surface area contributed by atoms with Gasteiger partial charge >= 0.3 is 0 Å². The Kier molecular flexibility index (Phi) is 4.82. The largest absolute Gasteiger partial charge is 0.348 e. The highest BCUT2D eigenvalue weighted by molar-refractivity contribution is 7.89. The summed E-state index contributed by atoms with van der Waals surface area (Å²) in [5.74, 6) is 0.985. The van der Waals surface area contributed by atoms with Crippen LogP contribution in [0.5, 0.6) is 0 Å². The summed E-state index contributed by atoms with van der Waals surface area (Å²) in [6.07, 6.45) is 10.5. The summed E-state index contributed by atoms with van der Waals surface area (Å²) in [7, 11) is -3.19. The average molecular weight is 385 g/mol. The monoisotopic (exact) mass is 385 g/mol. The average Bonchev–Trinajstić information content (AvgIpc) is 3.27. The number of nitrogens with zero attached hydrogens (tertiary/aromatic N) is 4. The molecule has 0 bridgehead atoms. The quantitative estimate of drug-likeness (QED) is 0.702. The number of aromatic nitrogens is 5. The third kappa shape index (κ3) is 4.10. The molecule has 142 valence electrons. The molecule has 8 heteroatoms. The molecule has 0 spiro atoms. The third-order valence-electron chi connectivity index (χ3n) is 4.88. The molecule has 2 aromatic heterocycles. The number of aryl methyl sites for hydroxylation is 3. The Morgan fingerprint density at radius 2 is 2.04 bits per heavy atom. The Balaban J connectivity index is 1.73. The zero-order valence-electron chi connectivity index (χ0n) is 15.4. The molecule has 0 unspecified atom stereocenters. The molecule has 1 aliphatic rings. The van der Waals surface area contributed by atoms with Gasteiger partial charge in [-0.3, -0.25) is 0 Å². The van der Waals surface area contributed by atoms with Gasteiger partial charge in [-0.05, 0) is 49.3 Å². The molecule has 27 heavy (non-hydrogen) atoms. The van der Waals surface area contributed by atoms with Crippen LogP contribution < -0.4 is 0 Å². The Bertz CT molecular complexity index is 1040. The van der Waals surface area contributed by atoms with Crippen LogP contribution in [0.25, 0.3) is 5.69 Å². The van der Waals surface area contributed by atoms with Gasteiger partial charge in [0.15, 0.2) is 15.7 Å². The first-order chi connectivity index (χ1) is 13.0. The van der Waals surface area contributed by atoms with E-state index < -0.39 is 9.84 Å². The van der Waals surface area contributed by atoms with Crippen molar-refractivity contribution in [3.05, 3.63) is 59.2 Å². The second-order valence-electron chi connectivity index (χ2n) is 7.12. The molecule has 4 rings (SSSR count). The molecule has 0 atom stereocenters. The van der Waals surface area contributed by atoms with Gasteiger partial charge in [-0.1, -0.05) is 12.1 Å². The van der Waals surface area contributed by atoms with Crippen molar-refractivity contribution in [1.29, 1.82) is 0 Å². The summed E-state index contributed by atoms with van der Waals surface area (Å²) in [5, 5.41) is 4.57. The van der Waals surface area contributed by atoms with Crippen LogP contribution in [0.2, 0.25) is 0 Å². The second kappa shape index (κ2) is 7.26. The summed E-state index contributed by atoms with van der Waals surface area (Å²) in [4.78, 5) is 11.7. The number of benzene rings is 1. The van der Waals surface area contributed by atoms with Crippen LogP contribution in [0.1, 0.15) is 41.3 Å². The predicted octanol–water partition coefficient (Wildman–Crippen LogP) is 2.20. The maximum absolute atomic E-state index is 11.7. The zero-order chi connectivity index (χ0) is 18.9. The molecular weight excluding hydrogens is 362 g/mol. The molecule has 0 amide bonds. The van der Waals surface area contributed by atoms with Gasteiger partial charge in [-0.25, -0.2) is 23.1 Å². The van der Waals surface area contributed by atoms with Gasteiger partial charge in [0.05, 0.1) is 12.0 Å². The van der Waals surface area contributed by atoms with Crippen molar-refractivity contribution in [2.45, 2.75) is 44.3 Å². The molecular formula is C19H23N5O2S. The Labute approximate surface area is 158 Å². The number of imidazole rings is 1. The van der Waals surface area contributed by atoms with E-state index in [1.165, 1.54) is 30.2 Å². The van der Waals surface area contributed by atoms with Gasteiger partial charge in [0.25, 0.3) is 0 Å². The van der Waals surface area contributed by atoms with Crippen molar-refractivity contribution in [3.8, 4) is 5.69 Å². The lowest BCUT2D eigenvalue weighted by atomic mass is 9.90. The first-order valence-electron chi connectivity index (χ1n) is 9.20. The Hall–Kier alpha value is -2.48. The van der Waals surface area contributed by atoms with E-state index in [4.69, 9.17) is 0 Å². The topological polar surface area (TPSA) is 93.5 Å². The number of fused-ring (bicyclic) bond motifs is 1. The fraction of sp³-hybridized carbons (Fsp3) is 0.421. The van der Waals surface area contributed by atoms with Gasteiger partial charge in [-0.15, -0.1) is 5.10 Å². The minimum absolute atomic E-state index is 0.147. The number of H-pyrrole nitrogens is 1. The fourth-order valence-corrected chi connectivity index (χ4v) is 4.26. The molecule has 0 saturated heterocycles. The lowest BCUT2D eigenvalue weighted by Gasteiger charge is -2.19. The van der Waals surface area contributed by atoms with Gasteiger partial charge in [0.2, 0.25) is 0 Å². The summed E-state index contributed by atoms with van der Waals surface area (Å²) in [5.41, 5.74) is 4.71. The minimum Gasteiger partial charge on any atom is -0.348 e. The predicted molar refractivity (Wildman–Crippen MR) is 103 cm³/mol. The smallest absolute Gasteiger partial charge is 0.166 e. The van der Waals surface area contributed by atoms with Gasteiger partial charge < -0.3 is 4.98 Å². The van der Waals surface area contributed by atoms with Crippen LogP contribution in [0, 0.1) is 0 Å². The number of hydrogen-bond donors (Lipinski definition) is 1. The molecule has 0 radical (unpaired) electrons.